The molecular formula is C45H26N4S. The summed E-state index contributed by atoms with van der Waals surface area (Å²) in [7, 11) is 0. The van der Waals surface area contributed by atoms with Crippen molar-refractivity contribution in [2.45, 2.75) is 0 Å². The summed E-state index contributed by atoms with van der Waals surface area (Å²) >= 11 is 1.84. The number of hydrogen-bond acceptors (Lipinski definition) is 4. The van der Waals surface area contributed by atoms with E-state index in [-0.39, 0.29) is 0 Å². The number of thiophene rings is 1. The SMILES string of the molecule is c1ccc(-c2ccnc3c2ccc2c(-c4ccccc4)cc(-n4c5ccccc5c5c6ccncc6c6sc7ccccc7c6c54)nc23)cc1. The van der Waals surface area contributed by atoms with Crippen molar-refractivity contribution in [3.63, 3.8) is 0 Å². The maximum Gasteiger partial charge on any atom is 0.139 e. The number of hydrogen-bond donors (Lipinski definition) is 0. The normalized spacial score (nSPS) is 12.0. The van der Waals surface area contributed by atoms with E-state index in [1.54, 1.807) is 0 Å². The van der Waals surface area contributed by atoms with E-state index in [1.165, 1.54) is 47.2 Å². The van der Waals surface area contributed by atoms with Gasteiger partial charge in [-0.15, -0.1) is 11.3 Å². The fraction of sp³-hybridized carbons (Fsp3) is 0. The third-order valence-electron chi connectivity index (χ3n) is 10.1. The van der Waals surface area contributed by atoms with Crippen LogP contribution >= 0.6 is 11.3 Å². The Kier molecular flexibility index (Phi) is 5.80. The number of para-hydroxylation sites is 1. The van der Waals surface area contributed by atoms with Gasteiger partial charge in [-0.3, -0.25) is 14.5 Å². The van der Waals surface area contributed by atoms with Gasteiger partial charge in [0, 0.05) is 65.7 Å². The van der Waals surface area contributed by atoms with Crippen molar-refractivity contribution in [2.24, 2.45) is 0 Å². The molecule has 0 fully saturated rings. The van der Waals surface area contributed by atoms with E-state index in [0.29, 0.717) is 0 Å². The molecule has 0 saturated carbocycles. The average Bonchev–Trinajstić information content (AvgIpc) is 3.75. The predicted molar refractivity (Wildman–Crippen MR) is 210 cm³/mol. The Labute approximate surface area is 290 Å². The van der Waals surface area contributed by atoms with Crippen LogP contribution in [0.3, 0.4) is 0 Å². The van der Waals surface area contributed by atoms with Gasteiger partial charge in [-0.1, -0.05) is 109 Å². The third kappa shape index (κ3) is 3.84. The van der Waals surface area contributed by atoms with Crippen LogP contribution in [-0.2, 0) is 0 Å². The largest absolute Gasteiger partial charge is 0.293 e. The van der Waals surface area contributed by atoms with Gasteiger partial charge in [0.2, 0.25) is 0 Å². The van der Waals surface area contributed by atoms with Gasteiger partial charge in [-0.2, -0.15) is 0 Å². The first-order valence-corrected chi connectivity index (χ1v) is 17.6. The molecule has 0 bridgehead atoms. The molecule has 0 aliphatic rings. The molecule has 6 aromatic carbocycles. The molecule has 5 heterocycles. The van der Waals surface area contributed by atoms with Crippen LogP contribution in [-0.4, -0.2) is 19.5 Å². The lowest BCUT2D eigenvalue weighted by molar-refractivity contribution is 1.11. The molecule has 0 saturated heterocycles. The molecule has 0 radical (unpaired) electrons. The van der Waals surface area contributed by atoms with Gasteiger partial charge >= 0.3 is 0 Å². The molecule has 0 N–H and O–H groups in total. The molecule has 4 nitrogen and oxygen atoms in total. The summed E-state index contributed by atoms with van der Waals surface area (Å²) in [5.41, 5.74) is 8.65. The number of rotatable bonds is 3. The molecule has 0 amide bonds. The minimum Gasteiger partial charge on any atom is -0.293 e. The van der Waals surface area contributed by atoms with E-state index in [2.05, 4.69) is 149 Å². The summed E-state index contributed by atoms with van der Waals surface area (Å²) in [6.45, 7) is 0. The quantitative estimate of drug-likeness (QED) is 0.178. The molecule has 0 unspecified atom stereocenters. The first-order chi connectivity index (χ1) is 24.8. The second kappa shape index (κ2) is 10.5. The first kappa shape index (κ1) is 27.5. The number of nitrogens with zero attached hydrogens (tertiary/aromatic N) is 4. The smallest absolute Gasteiger partial charge is 0.139 e. The average molecular weight is 655 g/mol. The van der Waals surface area contributed by atoms with E-state index in [1.807, 2.05) is 29.9 Å². The fourth-order valence-corrected chi connectivity index (χ4v) is 9.21. The Hall–Kier alpha value is -6.43. The van der Waals surface area contributed by atoms with Crippen LogP contribution in [0.25, 0.3) is 103 Å². The van der Waals surface area contributed by atoms with Crippen LogP contribution in [0.15, 0.2) is 158 Å². The Morgan fingerprint density at radius 1 is 0.500 bits per heavy atom. The summed E-state index contributed by atoms with van der Waals surface area (Å²) in [5, 5.41) is 9.45. The predicted octanol–water partition coefficient (Wildman–Crippen LogP) is 12.1. The fourth-order valence-electron chi connectivity index (χ4n) is 7.98. The lowest BCUT2D eigenvalue weighted by Crippen LogP contribution is -2.01. The standard InChI is InChI=1S/C45H26N4S/c1-3-11-27(12-4-1)29-22-24-47-42-31(29)19-20-32-35(28-13-5-2-6-14-28)25-39(48-43(32)42)49-37-17-9-7-15-33(37)40-30-21-23-46-26-36(30)45-41(44(40)49)34-16-8-10-18-38(34)50-45/h1-26H. The van der Waals surface area contributed by atoms with Gasteiger partial charge < -0.3 is 0 Å². The molecule has 0 spiro atoms. The molecule has 0 atom stereocenters. The molecule has 50 heavy (non-hydrogen) atoms. The Morgan fingerprint density at radius 2 is 1.20 bits per heavy atom. The summed E-state index contributed by atoms with van der Waals surface area (Å²) in [5.74, 6) is 0.868. The summed E-state index contributed by atoms with van der Waals surface area (Å²) in [6, 6.07) is 49.7. The maximum absolute atomic E-state index is 5.61. The van der Waals surface area contributed by atoms with Crippen LogP contribution in [0.1, 0.15) is 0 Å². The zero-order valence-electron chi connectivity index (χ0n) is 26.7. The number of fused-ring (bicyclic) bond motifs is 13. The topological polar surface area (TPSA) is 43.6 Å². The molecule has 0 aliphatic heterocycles. The van der Waals surface area contributed by atoms with Crippen molar-refractivity contribution >= 4 is 85.9 Å². The Bertz CT molecular complexity index is 3140. The minimum atomic E-state index is 0.868. The van der Waals surface area contributed by atoms with E-state index in [9.17, 15) is 0 Å². The highest BCUT2D eigenvalue weighted by Gasteiger charge is 2.24. The van der Waals surface area contributed by atoms with Crippen LogP contribution < -0.4 is 0 Å². The lowest BCUT2D eigenvalue weighted by atomic mass is 9.96. The van der Waals surface area contributed by atoms with Crippen LogP contribution in [0.4, 0.5) is 0 Å². The number of benzene rings is 6. The Morgan fingerprint density at radius 3 is 2.02 bits per heavy atom. The number of pyridine rings is 3. The molecule has 5 aromatic heterocycles. The number of aromatic nitrogens is 4. The van der Waals surface area contributed by atoms with E-state index >= 15 is 0 Å². The van der Waals surface area contributed by atoms with Gasteiger partial charge in [-0.25, -0.2) is 4.98 Å². The zero-order valence-corrected chi connectivity index (χ0v) is 27.5. The van der Waals surface area contributed by atoms with Crippen molar-refractivity contribution in [3.8, 4) is 28.1 Å². The molecular weight excluding hydrogens is 629 g/mol. The van der Waals surface area contributed by atoms with Gasteiger partial charge in [0.25, 0.3) is 0 Å². The third-order valence-corrected chi connectivity index (χ3v) is 11.3. The second-order valence-corrected chi connectivity index (χ2v) is 13.8. The molecule has 5 heteroatoms. The minimum absolute atomic E-state index is 0.868. The van der Waals surface area contributed by atoms with Crippen LogP contribution in [0.5, 0.6) is 0 Å². The molecule has 0 aliphatic carbocycles. The van der Waals surface area contributed by atoms with Crippen molar-refractivity contribution in [2.75, 3.05) is 0 Å². The first-order valence-electron chi connectivity index (χ1n) is 16.8. The van der Waals surface area contributed by atoms with Crippen LogP contribution in [0.2, 0.25) is 0 Å². The van der Waals surface area contributed by atoms with Crippen molar-refractivity contribution in [3.05, 3.63) is 158 Å². The van der Waals surface area contributed by atoms with Gasteiger partial charge in [-0.05, 0) is 58.0 Å². The van der Waals surface area contributed by atoms with Crippen LogP contribution in [0, 0.1) is 0 Å². The highest BCUT2D eigenvalue weighted by Crippen LogP contribution is 2.48. The molecule has 11 aromatic rings. The van der Waals surface area contributed by atoms with Gasteiger partial charge in [0.15, 0.2) is 0 Å². The summed E-state index contributed by atoms with van der Waals surface area (Å²) in [4.78, 5) is 15.2. The van der Waals surface area contributed by atoms with Crippen molar-refractivity contribution in [1.82, 2.24) is 19.5 Å². The van der Waals surface area contributed by atoms with Crippen molar-refractivity contribution < 1.29 is 0 Å². The van der Waals surface area contributed by atoms with Gasteiger partial charge in [0.1, 0.15) is 5.82 Å². The second-order valence-electron chi connectivity index (χ2n) is 12.8. The molecule has 232 valence electrons. The van der Waals surface area contributed by atoms with Crippen molar-refractivity contribution in [1.29, 1.82) is 0 Å². The Balaban J connectivity index is 1.36. The monoisotopic (exact) mass is 654 g/mol. The highest BCUT2D eigenvalue weighted by molar-refractivity contribution is 7.27. The lowest BCUT2D eigenvalue weighted by Gasteiger charge is -2.15. The highest BCUT2D eigenvalue weighted by atomic mass is 32.1. The van der Waals surface area contributed by atoms with E-state index in [0.717, 1.165) is 55.4 Å². The molecule has 11 rings (SSSR count). The summed E-state index contributed by atoms with van der Waals surface area (Å²) < 4.78 is 4.91. The maximum atomic E-state index is 5.61. The van der Waals surface area contributed by atoms with Gasteiger partial charge in [0.05, 0.1) is 22.1 Å². The van der Waals surface area contributed by atoms with E-state index < -0.39 is 0 Å². The zero-order chi connectivity index (χ0) is 32.8. The summed E-state index contributed by atoms with van der Waals surface area (Å²) in [6.07, 6.45) is 5.86. The van der Waals surface area contributed by atoms with E-state index in [4.69, 9.17) is 9.97 Å².